The molecular weight excluding hydrogens is 492 g/mol. The summed E-state index contributed by atoms with van der Waals surface area (Å²) in [5, 5.41) is 11.1. The first-order valence-electron chi connectivity index (χ1n) is 11.0. The van der Waals surface area contributed by atoms with Crippen LogP contribution in [0.5, 0.6) is 0 Å². The molecule has 182 valence electrons. The fraction of sp³-hybridized carbons (Fsp3) is 0.111. The van der Waals surface area contributed by atoms with Crippen molar-refractivity contribution in [3.63, 3.8) is 0 Å². The number of aryl methyl sites for hydroxylation is 1. The number of fused-ring (bicyclic) bond motifs is 1. The molecule has 0 amide bonds. The van der Waals surface area contributed by atoms with Crippen LogP contribution in [0.1, 0.15) is 11.3 Å². The summed E-state index contributed by atoms with van der Waals surface area (Å²) in [6, 6.07) is 21.6. The minimum atomic E-state index is -2.18. The Bertz CT molecular complexity index is 1570. The second-order valence-electron chi connectivity index (χ2n) is 8.37. The van der Waals surface area contributed by atoms with Crippen molar-refractivity contribution in [2.45, 2.75) is 6.42 Å². The molecule has 0 aliphatic rings. The Labute approximate surface area is 205 Å². The fourth-order valence-corrected chi connectivity index (χ4v) is 6.12. The second-order valence-corrected chi connectivity index (χ2v) is 10.5. The lowest BCUT2D eigenvalue weighted by Gasteiger charge is -2.18. The summed E-state index contributed by atoms with van der Waals surface area (Å²) in [4.78, 5) is 0. The molecule has 1 N–H and O–H groups in total. The van der Waals surface area contributed by atoms with Crippen molar-refractivity contribution in [2.24, 2.45) is 7.05 Å². The molecule has 0 spiro atoms. The molecule has 4 aromatic carbocycles. The molecule has 0 fully saturated rings. The lowest BCUT2D eigenvalue weighted by atomic mass is 9.98. The number of hydrogen-bond acceptors (Lipinski definition) is 1. The Morgan fingerprint density at radius 1 is 0.778 bits per heavy atom. The highest BCUT2D eigenvalue weighted by atomic mass is 31.1. The van der Waals surface area contributed by atoms with Gasteiger partial charge in [0.25, 0.3) is 5.69 Å². The topological polar surface area (TPSA) is 32.6 Å². The molecule has 1 atom stereocenters. The van der Waals surface area contributed by atoms with Crippen LogP contribution in [0.15, 0.2) is 66.7 Å². The van der Waals surface area contributed by atoms with Gasteiger partial charge in [-0.3, -0.25) is 0 Å². The number of benzene rings is 4. The third-order valence-electron chi connectivity index (χ3n) is 6.28. The van der Waals surface area contributed by atoms with Gasteiger partial charge in [0, 0.05) is 22.6 Å². The van der Waals surface area contributed by atoms with Crippen LogP contribution < -0.4 is 15.3 Å². The van der Waals surface area contributed by atoms with E-state index in [1.54, 1.807) is 7.05 Å². The Morgan fingerprint density at radius 3 is 2.08 bits per heavy atom. The standard InChI is InChI=1S/C27H19F5N3P/c1-35-19(14-18-22(28)24(30)26(32)25(31)23(18)29)27(33-34-35)21-17-11-7-6-8-15(17)12-13-20(21)36(2)16-9-4-3-5-10-16/h3-13H,14H2,1-2H3/p+1. The van der Waals surface area contributed by atoms with E-state index in [9.17, 15) is 22.0 Å². The molecule has 0 saturated carbocycles. The van der Waals surface area contributed by atoms with Crippen LogP contribution in [-0.4, -0.2) is 17.0 Å². The lowest BCUT2D eigenvalue weighted by Crippen LogP contribution is -2.35. The van der Waals surface area contributed by atoms with Crippen molar-refractivity contribution in [3.8, 4) is 11.3 Å². The van der Waals surface area contributed by atoms with Crippen LogP contribution in [0.25, 0.3) is 22.0 Å². The first-order valence-corrected chi connectivity index (χ1v) is 12.8. The van der Waals surface area contributed by atoms with Gasteiger partial charge in [-0.15, -0.1) is 0 Å². The van der Waals surface area contributed by atoms with E-state index < -0.39 is 49.0 Å². The van der Waals surface area contributed by atoms with E-state index in [4.69, 9.17) is 0 Å². The van der Waals surface area contributed by atoms with Gasteiger partial charge in [0.1, 0.15) is 7.05 Å². The van der Waals surface area contributed by atoms with Crippen LogP contribution in [0.4, 0.5) is 22.0 Å². The highest BCUT2D eigenvalue weighted by Gasteiger charge is 2.32. The highest BCUT2D eigenvalue weighted by Crippen LogP contribution is 2.38. The van der Waals surface area contributed by atoms with Crippen LogP contribution in [-0.2, 0) is 13.5 Å². The van der Waals surface area contributed by atoms with Gasteiger partial charge in [0.2, 0.25) is 5.82 Å². The van der Waals surface area contributed by atoms with E-state index in [1.807, 2.05) is 66.7 Å². The number of hydrogen-bond donors (Lipinski definition) is 1. The van der Waals surface area contributed by atoms with Crippen molar-refractivity contribution in [3.05, 3.63) is 107 Å². The number of rotatable bonds is 5. The third-order valence-corrected chi connectivity index (χ3v) is 8.45. The SMILES string of the molecule is C[n+]1[nH]nc(-c2c(P(C)c3ccccc3)ccc3ccccc23)c1Cc1c(F)c(F)c(F)c(F)c1F. The minimum Gasteiger partial charge on any atom is -0.203 e. The molecule has 1 unspecified atom stereocenters. The maximum atomic E-state index is 14.6. The van der Waals surface area contributed by atoms with Gasteiger partial charge in [0.15, 0.2) is 29.0 Å². The Balaban J connectivity index is 1.75. The monoisotopic (exact) mass is 512 g/mol. The van der Waals surface area contributed by atoms with Gasteiger partial charge in [-0.2, -0.15) is 4.68 Å². The molecule has 1 aromatic heterocycles. The molecule has 0 aliphatic carbocycles. The van der Waals surface area contributed by atoms with E-state index in [1.165, 1.54) is 4.68 Å². The van der Waals surface area contributed by atoms with Crippen molar-refractivity contribution in [2.75, 3.05) is 6.66 Å². The zero-order valence-corrected chi connectivity index (χ0v) is 20.2. The largest absolute Gasteiger partial charge is 0.253 e. The number of nitrogens with zero attached hydrogens (tertiary/aromatic N) is 2. The maximum absolute atomic E-state index is 14.6. The van der Waals surface area contributed by atoms with Crippen molar-refractivity contribution < 1.29 is 26.6 Å². The fourth-order valence-electron chi connectivity index (χ4n) is 4.36. The van der Waals surface area contributed by atoms with Gasteiger partial charge >= 0.3 is 0 Å². The quantitative estimate of drug-likeness (QED) is 0.111. The number of nitrogens with one attached hydrogen (secondary N) is 1. The molecule has 0 radical (unpaired) electrons. The smallest absolute Gasteiger partial charge is 0.203 e. The number of halogens is 5. The average molecular weight is 512 g/mol. The van der Waals surface area contributed by atoms with Crippen LogP contribution in [0.2, 0.25) is 0 Å². The number of aromatic nitrogens is 3. The summed E-state index contributed by atoms with van der Waals surface area (Å²) in [6.45, 7) is 2.11. The van der Waals surface area contributed by atoms with Crippen LogP contribution >= 0.6 is 7.92 Å². The second kappa shape index (κ2) is 9.43. The Morgan fingerprint density at radius 2 is 1.39 bits per heavy atom. The first kappa shape index (κ1) is 24.1. The summed E-state index contributed by atoms with van der Waals surface area (Å²) >= 11 is 0. The Kier molecular flexibility index (Phi) is 6.31. The van der Waals surface area contributed by atoms with Gasteiger partial charge in [0.05, 0.1) is 0 Å². The summed E-state index contributed by atoms with van der Waals surface area (Å²) in [7, 11) is 0.719. The molecular formula is C27H20F5N3P+. The average Bonchev–Trinajstić information content (AvgIpc) is 3.27. The molecule has 5 rings (SSSR count). The molecule has 36 heavy (non-hydrogen) atoms. The minimum absolute atomic E-state index is 0.285. The van der Waals surface area contributed by atoms with Crippen LogP contribution in [0.3, 0.4) is 0 Å². The molecule has 0 bridgehead atoms. The summed E-state index contributed by atoms with van der Waals surface area (Å²) in [6.07, 6.45) is -0.552. The molecule has 1 heterocycles. The zero-order chi connectivity index (χ0) is 25.6. The van der Waals surface area contributed by atoms with E-state index >= 15 is 0 Å². The van der Waals surface area contributed by atoms with Gasteiger partial charge in [-0.05, 0) is 36.0 Å². The predicted molar refractivity (Wildman–Crippen MR) is 130 cm³/mol. The molecule has 9 heteroatoms. The van der Waals surface area contributed by atoms with Crippen LogP contribution in [0, 0.1) is 29.1 Å². The maximum Gasteiger partial charge on any atom is 0.253 e. The molecule has 5 aromatic rings. The summed E-state index contributed by atoms with van der Waals surface area (Å²) < 4.78 is 72.1. The van der Waals surface area contributed by atoms with E-state index in [-0.39, 0.29) is 5.69 Å². The predicted octanol–water partition coefficient (Wildman–Crippen LogP) is 5.40. The normalized spacial score (nSPS) is 12.3. The summed E-state index contributed by atoms with van der Waals surface area (Å²) in [5.41, 5.74) is 0.514. The number of H-pyrrole nitrogens is 1. The van der Waals surface area contributed by atoms with E-state index in [0.29, 0.717) is 5.69 Å². The number of aromatic amines is 1. The zero-order valence-electron chi connectivity index (χ0n) is 19.3. The van der Waals surface area contributed by atoms with Gasteiger partial charge < -0.3 is 0 Å². The molecule has 3 nitrogen and oxygen atoms in total. The molecule has 0 saturated heterocycles. The van der Waals surface area contributed by atoms with Crippen molar-refractivity contribution in [1.29, 1.82) is 0 Å². The van der Waals surface area contributed by atoms with Gasteiger partial charge in [-0.25, -0.2) is 22.0 Å². The molecule has 0 aliphatic heterocycles. The summed E-state index contributed by atoms with van der Waals surface area (Å²) in [5.74, 6) is -9.81. The first-order chi connectivity index (χ1) is 17.3. The Hall–Kier alpha value is -3.64. The third kappa shape index (κ3) is 3.95. The van der Waals surface area contributed by atoms with Crippen molar-refractivity contribution in [1.82, 2.24) is 10.3 Å². The van der Waals surface area contributed by atoms with Gasteiger partial charge in [-0.1, -0.05) is 71.9 Å². The van der Waals surface area contributed by atoms with Crippen molar-refractivity contribution >= 4 is 29.3 Å². The van der Waals surface area contributed by atoms with E-state index in [0.717, 1.165) is 26.9 Å². The lowest BCUT2D eigenvalue weighted by molar-refractivity contribution is -0.736. The van der Waals surface area contributed by atoms with E-state index in [2.05, 4.69) is 17.0 Å². The highest BCUT2D eigenvalue weighted by molar-refractivity contribution is 7.72.